The molecule has 10 heteroatoms. The van der Waals surface area contributed by atoms with Crippen molar-refractivity contribution in [3.8, 4) is 0 Å². The molecule has 0 unspecified atom stereocenters. The van der Waals surface area contributed by atoms with Gasteiger partial charge in [0.15, 0.2) is 5.82 Å². The lowest BCUT2D eigenvalue weighted by atomic mass is 9.94. The lowest BCUT2D eigenvalue weighted by Gasteiger charge is -2.23. The topological polar surface area (TPSA) is 124 Å². The molecule has 1 aliphatic rings. The van der Waals surface area contributed by atoms with Crippen LogP contribution in [-0.2, 0) is 0 Å². The van der Waals surface area contributed by atoms with E-state index in [4.69, 9.17) is 27.8 Å². The van der Waals surface area contributed by atoms with Gasteiger partial charge in [0.1, 0.15) is 0 Å². The second kappa shape index (κ2) is 7.49. The first kappa shape index (κ1) is 17.8. The van der Waals surface area contributed by atoms with Gasteiger partial charge in [0.05, 0.1) is 15.7 Å². The highest BCUT2D eigenvalue weighted by Crippen LogP contribution is 2.32. The number of benzene rings is 1. The van der Waals surface area contributed by atoms with E-state index in [-0.39, 0.29) is 6.15 Å². The molecule has 1 aromatic carbocycles. The fourth-order valence-corrected chi connectivity index (χ4v) is 3.13. The first-order valence-electron chi connectivity index (χ1n) is 7.64. The maximum Gasteiger partial charge on any atom is 0.245 e. The van der Waals surface area contributed by atoms with E-state index < -0.39 is 0 Å². The van der Waals surface area contributed by atoms with E-state index in [0.29, 0.717) is 33.1 Å². The molecule has 0 spiro atoms. The molecular formula is C15H17Cl2N7O. The van der Waals surface area contributed by atoms with E-state index in [0.717, 1.165) is 37.3 Å². The predicted molar refractivity (Wildman–Crippen MR) is 97.0 cm³/mol. The van der Waals surface area contributed by atoms with Crippen LogP contribution < -0.4 is 16.8 Å². The fourth-order valence-electron chi connectivity index (χ4n) is 2.83. The summed E-state index contributed by atoms with van der Waals surface area (Å²) in [4.78, 5) is 9.14. The van der Waals surface area contributed by atoms with Crippen molar-refractivity contribution in [3.05, 3.63) is 33.9 Å². The third kappa shape index (κ3) is 3.67. The van der Waals surface area contributed by atoms with Crippen LogP contribution in [0.15, 0.2) is 22.8 Å². The number of piperidine rings is 1. The Morgan fingerprint density at radius 3 is 2.48 bits per heavy atom. The Bertz CT molecular complexity index is 879. The molecule has 3 aromatic rings. The number of hydrogen-bond donors (Lipinski definition) is 3. The van der Waals surface area contributed by atoms with Gasteiger partial charge in [-0.1, -0.05) is 23.2 Å². The second-order valence-corrected chi connectivity index (χ2v) is 6.46. The minimum Gasteiger partial charge on any atom is -0.344 e. The Labute approximate surface area is 153 Å². The zero-order valence-corrected chi connectivity index (χ0v) is 14.8. The van der Waals surface area contributed by atoms with Crippen molar-refractivity contribution in [3.63, 3.8) is 0 Å². The number of rotatable bonds is 3. The second-order valence-electron chi connectivity index (χ2n) is 5.65. The van der Waals surface area contributed by atoms with Gasteiger partial charge in [0.25, 0.3) is 0 Å². The van der Waals surface area contributed by atoms with E-state index in [1.807, 2.05) is 6.07 Å². The quantitative estimate of drug-likeness (QED) is 0.627. The molecule has 0 aliphatic carbocycles. The molecule has 2 aromatic heterocycles. The number of nitrogens with zero attached hydrogens (tertiary/aromatic N) is 4. The summed E-state index contributed by atoms with van der Waals surface area (Å²) in [6.45, 7) is 1.90. The molecule has 1 aliphatic heterocycles. The average molecular weight is 382 g/mol. The number of aromatic nitrogens is 4. The number of halogens is 2. The third-order valence-corrected chi connectivity index (χ3v) is 4.79. The predicted octanol–water partition coefficient (Wildman–Crippen LogP) is 3.69. The summed E-state index contributed by atoms with van der Waals surface area (Å²) < 4.78 is 4.74. The van der Waals surface area contributed by atoms with Gasteiger partial charge in [0.2, 0.25) is 11.3 Å². The van der Waals surface area contributed by atoms with Crippen molar-refractivity contribution >= 4 is 46.0 Å². The highest BCUT2D eigenvalue weighted by molar-refractivity contribution is 6.42. The number of fused-ring (bicyclic) bond motifs is 1. The van der Waals surface area contributed by atoms with E-state index in [1.165, 1.54) is 0 Å². The normalized spacial score (nSPS) is 15.1. The molecule has 3 heterocycles. The molecule has 0 saturated carbocycles. The first-order valence-corrected chi connectivity index (χ1v) is 8.39. The van der Waals surface area contributed by atoms with Crippen LogP contribution in [0, 0.1) is 0 Å². The van der Waals surface area contributed by atoms with Gasteiger partial charge in [-0.2, -0.15) is 0 Å². The zero-order valence-electron chi connectivity index (χ0n) is 13.3. The largest absolute Gasteiger partial charge is 0.344 e. The van der Waals surface area contributed by atoms with Gasteiger partial charge in [-0.05, 0) is 54.4 Å². The lowest BCUT2D eigenvalue weighted by molar-refractivity contribution is 0.314. The zero-order chi connectivity index (χ0) is 16.5. The highest BCUT2D eigenvalue weighted by Gasteiger charge is 2.23. The summed E-state index contributed by atoms with van der Waals surface area (Å²) in [5.41, 5.74) is 2.44. The maximum atomic E-state index is 6.09. The number of nitrogens with one attached hydrogen (secondary N) is 2. The molecule has 5 N–H and O–H groups in total. The van der Waals surface area contributed by atoms with Crippen LogP contribution >= 0.6 is 23.2 Å². The van der Waals surface area contributed by atoms with Crippen LogP contribution in [0.2, 0.25) is 10.0 Å². The fraction of sp³-hybridized carbons (Fsp3) is 0.333. The Kier molecular flexibility index (Phi) is 5.33. The standard InChI is InChI=1S/C15H14Cl2N6O.H3N/c16-10-2-1-9(7-11(10)17)19-13-12(8-3-5-18-6-4-8)20-14-15(21-13)23-24-22-14;/h1-2,7-8,18H,3-6H2,(H,19,21,23);1H3. The van der Waals surface area contributed by atoms with Crippen LogP contribution in [-0.4, -0.2) is 33.4 Å². The maximum absolute atomic E-state index is 6.09. The number of anilines is 2. The molecular weight excluding hydrogens is 365 g/mol. The molecule has 1 fully saturated rings. The molecule has 132 valence electrons. The Morgan fingerprint density at radius 1 is 1.04 bits per heavy atom. The minimum atomic E-state index is 0. The third-order valence-electron chi connectivity index (χ3n) is 4.05. The van der Waals surface area contributed by atoms with Crippen LogP contribution in [0.1, 0.15) is 24.5 Å². The van der Waals surface area contributed by atoms with Crippen molar-refractivity contribution in [2.75, 3.05) is 18.4 Å². The SMILES string of the molecule is Clc1ccc(Nc2nc3nonc3nc2C2CCNCC2)cc1Cl.N. The van der Waals surface area contributed by atoms with Gasteiger partial charge >= 0.3 is 0 Å². The summed E-state index contributed by atoms with van der Waals surface area (Å²) in [6, 6.07) is 5.33. The van der Waals surface area contributed by atoms with Crippen molar-refractivity contribution < 1.29 is 4.63 Å². The Balaban J connectivity index is 0.00000182. The molecule has 4 rings (SSSR count). The van der Waals surface area contributed by atoms with Crippen molar-refractivity contribution in [2.45, 2.75) is 18.8 Å². The van der Waals surface area contributed by atoms with Crippen LogP contribution in [0.5, 0.6) is 0 Å². The van der Waals surface area contributed by atoms with Crippen LogP contribution in [0.3, 0.4) is 0 Å². The van der Waals surface area contributed by atoms with Gasteiger partial charge < -0.3 is 16.8 Å². The van der Waals surface area contributed by atoms with E-state index in [2.05, 4.69) is 30.9 Å². The van der Waals surface area contributed by atoms with E-state index in [1.54, 1.807) is 12.1 Å². The molecule has 25 heavy (non-hydrogen) atoms. The molecule has 0 radical (unpaired) electrons. The van der Waals surface area contributed by atoms with Gasteiger partial charge in [-0.25, -0.2) is 14.6 Å². The summed E-state index contributed by atoms with van der Waals surface area (Å²) in [5, 5.41) is 15.2. The molecule has 0 atom stereocenters. The Hall–Kier alpha value is -2.00. The summed E-state index contributed by atoms with van der Waals surface area (Å²) in [7, 11) is 0. The van der Waals surface area contributed by atoms with Gasteiger partial charge in [-0.3, -0.25) is 0 Å². The summed E-state index contributed by atoms with van der Waals surface area (Å²) in [5.74, 6) is 0.939. The summed E-state index contributed by atoms with van der Waals surface area (Å²) in [6.07, 6.45) is 1.98. The molecule has 0 amide bonds. The Morgan fingerprint density at radius 2 is 1.76 bits per heavy atom. The summed E-state index contributed by atoms with van der Waals surface area (Å²) >= 11 is 12.1. The number of hydrogen-bond acceptors (Lipinski definition) is 8. The van der Waals surface area contributed by atoms with Crippen molar-refractivity contribution in [1.82, 2.24) is 31.7 Å². The molecule has 8 nitrogen and oxygen atoms in total. The van der Waals surface area contributed by atoms with Crippen LogP contribution in [0.4, 0.5) is 11.5 Å². The first-order chi connectivity index (χ1) is 11.7. The van der Waals surface area contributed by atoms with Crippen LogP contribution in [0.25, 0.3) is 11.3 Å². The smallest absolute Gasteiger partial charge is 0.245 e. The minimum absolute atomic E-state index is 0. The van der Waals surface area contributed by atoms with E-state index >= 15 is 0 Å². The van der Waals surface area contributed by atoms with Gasteiger partial charge in [0, 0.05) is 11.6 Å². The molecule has 0 bridgehead atoms. The van der Waals surface area contributed by atoms with Crippen molar-refractivity contribution in [2.24, 2.45) is 0 Å². The average Bonchev–Trinajstić information content (AvgIpc) is 3.05. The van der Waals surface area contributed by atoms with Crippen molar-refractivity contribution in [1.29, 1.82) is 0 Å². The van der Waals surface area contributed by atoms with E-state index in [9.17, 15) is 0 Å². The van der Waals surface area contributed by atoms with Gasteiger partial charge in [-0.15, -0.1) is 0 Å². The lowest BCUT2D eigenvalue weighted by Crippen LogP contribution is -2.27. The molecule has 1 saturated heterocycles. The monoisotopic (exact) mass is 381 g/mol. The highest BCUT2D eigenvalue weighted by atomic mass is 35.5.